The number of carbonyl (C=O) groups is 2. The highest BCUT2D eigenvalue weighted by Crippen LogP contribution is 2.29. The summed E-state index contributed by atoms with van der Waals surface area (Å²) in [6.07, 6.45) is 9.20. The Hall–Kier alpha value is -0.750. The lowest BCUT2D eigenvalue weighted by atomic mass is 9.86. The van der Waals surface area contributed by atoms with Crippen molar-refractivity contribution < 1.29 is 14.3 Å². The normalized spacial score (nSPS) is 23.7. The van der Waals surface area contributed by atoms with Crippen LogP contribution < -0.4 is 5.73 Å². The number of amides is 1. The van der Waals surface area contributed by atoms with Crippen LogP contribution in [0, 0.1) is 5.92 Å². The molecule has 0 radical (unpaired) electrons. The second-order valence-corrected chi connectivity index (χ2v) is 7.83. The number of carbonyl (C=O) groups excluding carboxylic acids is 2. The quantitative estimate of drug-likeness (QED) is 0.718. The van der Waals surface area contributed by atoms with Gasteiger partial charge in [-0.15, -0.1) is 0 Å². The molecule has 132 valence electrons. The van der Waals surface area contributed by atoms with E-state index in [1.54, 1.807) is 11.8 Å². The summed E-state index contributed by atoms with van der Waals surface area (Å²) >= 11 is 1.65. The van der Waals surface area contributed by atoms with Gasteiger partial charge in [0.15, 0.2) is 0 Å². The molecule has 0 aromatic rings. The number of nitrogens with two attached hydrogens (primary N) is 1. The first-order valence-electron chi connectivity index (χ1n) is 8.82. The predicted octanol–water partition coefficient (Wildman–Crippen LogP) is 2.18. The molecule has 0 bridgehead atoms. The molecule has 1 heterocycles. The number of thioether (sulfide) groups is 1. The van der Waals surface area contributed by atoms with E-state index in [2.05, 4.69) is 9.64 Å². The van der Waals surface area contributed by atoms with Gasteiger partial charge in [-0.2, -0.15) is 11.8 Å². The third kappa shape index (κ3) is 5.68. The summed E-state index contributed by atoms with van der Waals surface area (Å²) < 4.78 is 4.64. The van der Waals surface area contributed by atoms with Gasteiger partial charge in [-0.25, -0.2) is 0 Å². The molecule has 0 spiro atoms. The number of hydrogen-bond donors (Lipinski definition) is 1. The van der Waals surface area contributed by atoms with Crippen molar-refractivity contribution in [1.29, 1.82) is 0 Å². The van der Waals surface area contributed by atoms with Gasteiger partial charge in [0.05, 0.1) is 7.11 Å². The third-order valence-corrected chi connectivity index (χ3v) is 6.21. The Bertz CT molecular complexity index is 399. The highest BCUT2D eigenvalue weighted by Gasteiger charge is 2.30. The van der Waals surface area contributed by atoms with E-state index in [4.69, 9.17) is 5.73 Å². The summed E-state index contributed by atoms with van der Waals surface area (Å²) in [6.45, 7) is 0.889. The molecule has 6 heteroatoms. The molecule has 2 atom stereocenters. The van der Waals surface area contributed by atoms with Crippen molar-refractivity contribution in [1.82, 2.24) is 4.90 Å². The fourth-order valence-corrected chi connectivity index (χ4v) is 4.79. The number of likely N-dealkylation sites (tertiary alicyclic amines) is 1. The molecule has 0 unspecified atom stereocenters. The zero-order valence-corrected chi connectivity index (χ0v) is 15.0. The Balaban J connectivity index is 1.73. The van der Waals surface area contributed by atoms with Crippen LogP contribution >= 0.6 is 11.8 Å². The average Bonchev–Trinajstić information content (AvgIpc) is 3.03. The molecule has 1 saturated heterocycles. The van der Waals surface area contributed by atoms with Crippen LogP contribution in [0.2, 0.25) is 0 Å². The van der Waals surface area contributed by atoms with Crippen molar-refractivity contribution in [2.45, 2.75) is 63.5 Å². The van der Waals surface area contributed by atoms with Gasteiger partial charge in [0, 0.05) is 30.5 Å². The van der Waals surface area contributed by atoms with E-state index in [9.17, 15) is 9.59 Å². The van der Waals surface area contributed by atoms with Crippen LogP contribution in [0.15, 0.2) is 0 Å². The van der Waals surface area contributed by atoms with Gasteiger partial charge in [-0.3, -0.25) is 9.59 Å². The van der Waals surface area contributed by atoms with E-state index >= 15 is 0 Å². The maximum Gasteiger partial charge on any atom is 0.323 e. The van der Waals surface area contributed by atoms with Crippen LogP contribution in [-0.2, 0) is 14.3 Å². The summed E-state index contributed by atoms with van der Waals surface area (Å²) in [4.78, 5) is 26.0. The minimum absolute atomic E-state index is 0.306. The fourth-order valence-electron chi connectivity index (χ4n) is 3.64. The molecule has 2 N–H and O–H groups in total. The number of rotatable bonds is 7. The molecule has 1 saturated carbocycles. The lowest BCUT2D eigenvalue weighted by Gasteiger charge is -2.28. The Kier molecular flexibility index (Phi) is 7.70. The molecule has 23 heavy (non-hydrogen) atoms. The predicted molar refractivity (Wildman–Crippen MR) is 93.2 cm³/mol. The Labute approximate surface area is 143 Å². The molecule has 2 rings (SSSR count). The van der Waals surface area contributed by atoms with Crippen molar-refractivity contribution in [3.05, 3.63) is 0 Å². The fraction of sp³-hybridized carbons (Fsp3) is 0.882. The van der Waals surface area contributed by atoms with Crippen molar-refractivity contribution >= 4 is 23.6 Å². The Morgan fingerprint density at radius 1 is 1.22 bits per heavy atom. The molecule has 1 amide bonds. The number of methoxy groups -OCH3 is 1. The highest BCUT2D eigenvalue weighted by atomic mass is 32.2. The van der Waals surface area contributed by atoms with Crippen LogP contribution in [0.1, 0.15) is 51.4 Å². The summed E-state index contributed by atoms with van der Waals surface area (Å²) in [5.74, 6) is 1.97. The maximum absolute atomic E-state index is 12.6. The minimum atomic E-state index is -0.571. The van der Waals surface area contributed by atoms with Gasteiger partial charge in [-0.05, 0) is 31.6 Å². The van der Waals surface area contributed by atoms with E-state index in [-0.39, 0.29) is 5.97 Å². The van der Waals surface area contributed by atoms with E-state index in [0.29, 0.717) is 23.6 Å². The monoisotopic (exact) mass is 342 g/mol. The topological polar surface area (TPSA) is 72.6 Å². The van der Waals surface area contributed by atoms with Gasteiger partial charge in [0.25, 0.3) is 0 Å². The number of esters is 1. The molecule has 1 aliphatic carbocycles. The zero-order valence-electron chi connectivity index (χ0n) is 14.2. The third-order valence-electron chi connectivity index (χ3n) is 5.00. The summed E-state index contributed by atoms with van der Waals surface area (Å²) in [5.41, 5.74) is 5.75. The van der Waals surface area contributed by atoms with E-state index in [0.717, 1.165) is 31.6 Å². The van der Waals surface area contributed by atoms with Crippen molar-refractivity contribution in [2.75, 3.05) is 25.2 Å². The highest BCUT2D eigenvalue weighted by molar-refractivity contribution is 7.99. The first kappa shape index (κ1) is 18.6. The lowest BCUT2D eigenvalue weighted by molar-refractivity contribution is -0.141. The number of nitrogens with zero attached hydrogens (tertiary/aromatic N) is 1. The van der Waals surface area contributed by atoms with Gasteiger partial charge in [0.2, 0.25) is 5.91 Å². The smallest absolute Gasteiger partial charge is 0.323 e. The average molecular weight is 343 g/mol. The summed E-state index contributed by atoms with van der Waals surface area (Å²) in [5, 5.41) is 0. The molecule has 0 aromatic heterocycles. The number of ether oxygens (including phenoxy) is 1. The second-order valence-electron chi connectivity index (χ2n) is 6.76. The number of hydrogen-bond acceptors (Lipinski definition) is 5. The Morgan fingerprint density at radius 2 is 1.96 bits per heavy atom. The van der Waals surface area contributed by atoms with Crippen LogP contribution in [-0.4, -0.2) is 54.0 Å². The minimum Gasteiger partial charge on any atom is -0.468 e. The maximum atomic E-state index is 12.6. The van der Waals surface area contributed by atoms with Crippen molar-refractivity contribution in [3.8, 4) is 0 Å². The second kappa shape index (κ2) is 9.52. The first-order valence-corrected chi connectivity index (χ1v) is 9.98. The molecule has 5 nitrogen and oxygen atoms in total. The van der Waals surface area contributed by atoms with Crippen LogP contribution in [0.5, 0.6) is 0 Å². The van der Waals surface area contributed by atoms with Gasteiger partial charge in [0.1, 0.15) is 6.04 Å². The Morgan fingerprint density at radius 3 is 2.65 bits per heavy atom. The van der Waals surface area contributed by atoms with Crippen LogP contribution in [0.3, 0.4) is 0 Å². The summed E-state index contributed by atoms with van der Waals surface area (Å²) in [7, 11) is 1.36. The molecular formula is C17H30N2O3S. The van der Waals surface area contributed by atoms with Gasteiger partial charge >= 0.3 is 5.97 Å². The van der Waals surface area contributed by atoms with E-state index in [1.165, 1.54) is 39.2 Å². The first-order chi connectivity index (χ1) is 11.1. The van der Waals surface area contributed by atoms with Crippen LogP contribution in [0.4, 0.5) is 0 Å². The SMILES string of the molecule is COC(=O)[C@@H](N)CSC[C@H]1CCCN1C(=O)CC1CCCCC1. The molecule has 2 fully saturated rings. The zero-order chi connectivity index (χ0) is 16.7. The van der Waals surface area contributed by atoms with Crippen molar-refractivity contribution in [3.63, 3.8) is 0 Å². The lowest BCUT2D eigenvalue weighted by Crippen LogP contribution is -2.39. The van der Waals surface area contributed by atoms with Gasteiger partial charge < -0.3 is 15.4 Å². The molecule has 1 aliphatic heterocycles. The van der Waals surface area contributed by atoms with Crippen LogP contribution in [0.25, 0.3) is 0 Å². The van der Waals surface area contributed by atoms with Crippen molar-refractivity contribution in [2.24, 2.45) is 11.7 Å². The van der Waals surface area contributed by atoms with E-state index in [1.807, 2.05) is 0 Å². The molecule has 0 aromatic carbocycles. The molecular weight excluding hydrogens is 312 g/mol. The standard InChI is InChI=1S/C17H30N2O3S/c1-22-17(21)15(18)12-23-11-14-8-5-9-19(14)16(20)10-13-6-3-2-4-7-13/h13-15H,2-12,18H2,1H3/t14-,15+/m1/s1. The summed E-state index contributed by atoms with van der Waals surface area (Å²) in [6, 6.07) is -0.265. The van der Waals surface area contributed by atoms with Gasteiger partial charge in [-0.1, -0.05) is 19.3 Å². The largest absolute Gasteiger partial charge is 0.468 e. The molecule has 2 aliphatic rings. The van der Waals surface area contributed by atoms with E-state index < -0.39 is 6.04 Å².